The Hall–Kier alpha value is -1.20. The van der Waals surface area contributed by atoms with Gasteiger partial charge in [0, 0.05) is 34.8 Å². The van der Waals surface area contributed by atoms with Gasteiger partial charge in [-0.2, -0.15) is 0 Å². The number of aliphatic hydroxyl groups is 1. The molecular weight excluding hydrogens is 319 g/mol. The second kappa shape index (κ2) is 7.18. The average Bonchev–Trinajstić information content (AvgIpc) is 2.41. The maximum Gasteiger partial charge on any atom is 0.131 e. The van der Waals surface area contributed by atoms with Gasteiger partial charge in [0.1, 0.15) is 11.6 Å². The van der Waals surface area contributed by atoms with Gasteiger partial charge in [0.05, 0.1) is 6.10 Å². The lowest BCUT2D eigenvalue weighted by molar-refractivity contribution is 0.169. The Labute approximate surface area is 131 Å². The van der Waals surface area contributed by atoms with Crippen LogP contribution >= 0.6 is 23.2 Å². The van der Waals surface area contributed by atoms with Gasteiger partial charge in [0.25, 0.3) is 0 Å². The molecular formula is C15H13Cl2F2NO. The number of nitrogens with one attached hydrogen (secondary N) is 1. The fourth-order valence-corrected chi connectivity index (χ4v) is 2.37. The maximum atomic E-state index is 13.5. The number of halogens is 4. The predicted molar refractivity (Wildman–Crippen MR) is 79.5 cm³/mol. The van der Waals surface area contributed by atoms with E-state index in [4.69, 9.17) is 23.2 Å². The first-order chi connectivity index (χ1) is 9.97. The van der Waals surface area contributed by atoms with E-state index < -0.39 is 17.7 Å². The normalized spacial score (nSPS) is 12.4. The van der Waals surface area contributed by atoms with Crippen LogP contribution in [-0.4, -0.2) is 11.7 Å². The summed E-state index contributed by atoms with van der Waals surface area (Å²) >= 11 is 11.8. The van der Waals surface area contributed by atoms with Crippen molar-refractivity contribution in [3.05, 3.63) is 69.2 Å². The molecule has 2 aromatic carbocycles. The minimum atomic E-state index is -1.07. The lowest BCUT2D eigenvalue weighted by Crippen LogP contribution is -2.22. The van der Waals surface area contributed by atoms with E-state index in [9.17, 15) is 13.9 Å². The predicted octanol–water partition coefficient (Wildman–Crippen LogP) is 4.09. The molecule has 0 aliphatic carbocycles. The summed E-state index contributed by atoms with van der Waals surface area (Å²) in [5.74, 6) is -1.45. The van der Waals surface area contributed by atoms with Gasteiger partial charge in [0.15, 0.2) is 0 Å². The van der Waals surface area contributed by atoms with E-state index in [1.807, 2.05) is 0 Å². The summed E-state index contributed by atoms with van der Waals surface area (Å²) in [6.07, 6.45) is -1.07. The summed E-state index contributed by atoms with van der Waals surface area (Å²) in [4.78, 5) is 0. The van der Waals surface area contributed by atoms with Crippen molar-refractivity contribution >= 4 is 23.2 Å². The Balaban J connectivity index is 1.93. The second-order valence-electron chi connectivity index (χ2n) is 4.55. The number of rotatable bonds is 5. The fraction of sp³-hybridized carbons (Fsp3) is 0.200. The molecule has 2 nitrogen and oxygen atoms in total. The molecule has 2 N–H and O–H groups in total. The first-order valence-electron chi connectivity index (χ1n) is 6.25. The lowest BCUT2D eigenvalue weighted by atomic mass is 10.1. The first kappa shape index (κ1) is 16.2. The van der Waals surface area contributed by atoms with E-state index in [-0.39, 0.29) is 12.1 Å². The molecule has 1 unspecified atom stereocenters. The molecule has 0 spiro atoms. The van der Waals surface area contributed by atoms with Crippen LogP contribution in [0.5, 0.6) is 0 Å². The molecule has 1 atom stereocenters. The van der Waals surface area contributed by atoms with Crippen LogP contribution in [0.15, 0.2) is 36.4 Å². The van der Waals surface area contributed by atoms with Crippen molar-refractivity contribution in [1.82, 2.24) is 5.32 Å². The number of hydrogen-bond donors (Lipinski definition) is 2. The highest BCUT2D eigenvalue weighted by Gasteiger charge is 2.13. The Morgan fingerprint density at radius 2 is 1.86 bits per heavy atom. The highest BCUT2D eigenvalue weighted by atomic mass is 35.5. The molecule has 0 heterocycles. The summed E-state index contributed by atoms with van der Waals surface area (Å²) in [5, 5.41) is 13.9. The van der Waals surface area contributed by atoms with E-state index in [1.54, 1.807) is 18.2 Å². The Bertz CT molecular complexity index is 637. The molecule has 0 aliphatic rings. The molecule has 112 valence electrons. The Kier molecular flexibility index (Phi) is 5.53. The van der Waals surface area contributed by atoms with Crippen LogP contribution in [0.2, 0.25) is 10.0 Å². The van der Waals surface area contributed by atoms with Crippen LogP contribution in [0.25, 0.3) is 0 Å². The zero-order valence-electron chi connectivity index (χ0n) is 10.9. The zero-order valence-corrected chi connectivity index (χ0v) is 12.4. The van der Waals surface area contributed by atoms with Crippen LogP contribution in [-0.2, 0) is 6.54 Å². The van der Waals surface area contributed by atoms with Gasteiger partial charge in [-0.15, -0.1) is 0 Å². The van der Waals surface area contributed by atoms with Gasteiger partial charge in [-0.3, -0.25) is 0 Å². The summed E-state index contributed by atoms with van der Waals surface area (Å²) in [7, 11) is 0. The van der Waals surface area contributed by atoms with Gasteiger partial charge >= 0.3 is 0 Å². The van der Waals surface area contributed by atoms with Crippen molar-refractivity contribution in [2.24, 2.45) is 0 Å². The first-order valence-corrected chi connectivity index (χ1v) is 7.00. The van der Waals surface area contributed by atoms with E-state index in [0.29, 0.717) is 16.6 Å². The third-order valence-electron chi connectivity index (χ3n) is 2.99. The number of aliphatic hydroxyl groups excluding tert-OH is 1. The van der Waals surface area contributed by atoms with Gasteiger partial charge < -0.3 is 10.4 Å². The van der Waals surface area contributed by atoms with Crippen LogP contribution in [0, 0.1) is 11.6 Å². The van der Waals surface area contributed by atoms with Crippen LogP contribution < -0.4 is 5.32 Å². The summed E-state index contributed by atoms with van der Waals surface area (Å²) < 4.78 is 26.3. The second-order valence-corrected chi connectivity index (χ2v) is 5.39. The SMILES string of the molecule is OC(CNCc1ccc(Cl)cc1Cl)c1ccc(F)cc1F. The summed E-state index contributed by atoms with van der Waals surface area (Å²) in [6, 6.07) is 8.18. The molecule has 0 saturated heterocycles. The average molecular weight is 332 g/mol. The molecule has 0 fully saturated rings. The molecule has 21 heavy (non-hydrogen) atoms. The standard InChI is InChI=1S/C15H13Cl2F2NO/c16-10-2-1-9(13(17)5-10)7-20-8-15(21)12-4-3-11(18)6-14(12)19/h1-6,15,20-21H,7-8H2. The van der Waals surface area contributed by atoms with Crippen molar-refractivity contribution in [3.8, 4) is 0 Å². The smallest absolute Gasteiger partial charge is 0.131 e. The summed E-state index contributed by atoms with van der Waals surface area (Å²) in [6.45, 7) is 0.511. The van der Waals surface area contributed by atoms with Crippen molar-refractivity contribution in [2.45, 2.75) is 12.6 Å². The number of benzene rings is 2. The van der Waals surface area contributed by atoms with Crippen LogP contribution in [0.3, 0.4) is 0 Å². The molecule has 0 radical (unpaired) electrons. The van der Waals surface area contributed by atoms with E-state index in [1.165, 1.54) is 6.07 Å². The monoisotopic (exact) mass is 331 g/mol. The molecule has 0 aliphatic heterocycles. The molecule has 0 bridgehead atoms. The quantitative estimate of drug-likeness (QED) is 0.864. The van der Waals surface area contributed by atoms with Gasteiger partial charge in [-0.1, -0.05) is 35.3 Å². The third kappa shape index (κ3) is 4.38. The Morgan fingerprint density at radius 3 is 2.52 bits per heavy atom. The topological polar surface area (TPSA) is 32.3 Å². The van der Waals surface area contributed by atoms with Crippen molar-refractivity contribution in [2.75, 3.05) is 6.54 Å². The molecule has 2 rings (SSSR count). The molecule has 6 heteroatoms. The van der Waals surface area contributed by atoms with Crippen molar-refractivity contribution in [3.63, 3.8) is 0 Å². The summed E-state index contributed by atoms with van der Waals surface area (Å²) in [5.41, 5.74) is 0.860. The van der Waals surface area contributed by atoms with Gasteiger partial charge in [0.2, 0.25) is 0 Å². The third-order valence-corrected chi connectivity index (χ3v) is 3.58. The Morgan fingerprint density at radius 1 is 1.10 bits per heavy atom. The van der Waals surface area contributed by atoms with E-state index in [2.05, 4.69) is 5.32 Å². The highest BCUT2D eigenvalue weighted by Crippen LogP contribution is 2.21. The minimum absolute atomic E-state index is 0.0473. The van der Waals surface area contributed by atoms with E-state index >= 15 is 0 Å². The van der Waals surface area contributed by atoms with E-state index in [0.717, 1.165) is 17.7 Å². The van der Waals surface area contributed by atoms with Crippen molar-refractivity contribution < 1.29 is 13.9 Å². The molecule has 0 saturated carbocycles. The van der Waals surface area contributed by atoms with Gasteiger partial charge in [-0.25, -0.2) is 8.78 Å². The minimum Gasteiger partial charge on any atom is -0.387 e. The number of hydrogen-bond acceptors (Lipinski definition) is 2. The fourth-order valence-electron chi connectivity index (χ4n) is 1.89. The largest absolute Gasteiger partial charge is 0.387 e. The highest BCUT2D eigenvalue weighted by molar-refractivity contribution is 6.35. The van der Waals surface area contributed by atoms with Gasteiger partial charge in [-0.05, 0) is 23.8 Å². The molecule has 0 aromatic heterocycles. The molecule has 0 amide bonds. The maximum absolute atomic E-state index is 13.5. The lowest BCUT2D eigenvalue weighted by Gasteiger charge is -2.13. The van der Waals surface area contributed by atoms with Crippen LogP contribution in [0.1, 0.15) is 17.2 Å². The zero-order chi connectivity index (χ0) is 15.4. The van der Waals surface area contributed by atoms with Crippen LogP contribution in [0.4, 0.5) is 8.78 Å². The molecule has 2 aromatic rings. The van der Waals surface area contributed by atoms with Crippen molar-refractivity contribution in [1.29, 1.82) is 0 Å².